The average Bonchev–Trinajstić information content (AvgIpc) is 2.94. The lowest BCUT2D eigenvalue weighted by atomic mass is 9.95. The number of nitrogens with zero attached hydrogens (tertiary/aromatic N) is 3. The van der Waals surface area contributed by atoms with E-state index in [2.05, 4.69) is 10.3 Å². The number of ether oxygens (including phenoxy) is 2. The van der Waals surface area contributed by atoms with Crippen LogP contribution in [-0.4, -0.2) is 29.2 Å². The summed E-state index contributed by atoms with van der Waals surface area (Å²) < 4.78 is 26.3. The van der Waals surface area contributed by atoms with Crippen molar-refractivity contribution in [3.05, 3.63) is 35.4 Å². The van der Waals surface area contributed by atoms with E-state index >= 15 is 0 Å². The molecule has 2 aromatic rings. The number of benzene rings is 1. The van der Waals surface area contributed by atoms with E-state index in [0.717, 1.165) is 12.2 Å². The van der Waals surface area contributed by atoms with Crippen LogP contribution >= 0.6 is 0 Å². The maximum atomic E-state index is 14.2. The van der Waals surface area contributed by atoms with Gasteiger partial charge in [-0.3, -0.25) is 4.68 Å². The minimum atomic E-state index is -0.303. The second-order valence-corrected chi connectivity index (χ2v) is 4.90. The summed E-state index contributed by atoms with van der Waals surface area (Å²) in [4.78, 5) is 0. The molecule has 1 heterocycles. The van der Waals surface area contributed by atoms with Crippen LogP contribution in [0.4, 0.5) is 4.39 Å². The summed E-state index contributed by atoms with van der Waals surface area (Å²) >= 11 is 0. The van der Waals surface area contributed by atoms with Gasteiger partial charge in [-0.25, -0.2) is 4.39 Å². The van der Waals surface area contributed by atoms with Gasteiger partial charge in [-0.15, -0.1) is 5.10 Å². The molecule has 0 saturated carbocycles. The van der Waals surface area contributed by atoms with Gasteiger partial charge in [0, 0.05) is 18.8 Å². The molecular weight excluding hydrogens is 273 g/mol. The van der Waals surface area contributed by atoms with Crippen LogP contribution < -0.4 is 9.47 Å². The Kier molecular flexibility index (Phi) is 4.77. The summed E-state index contributed by atoms with van der Waals surface area (Å²) in [5, 5.41) is 8.09. The van der Waals surface area contributed by atoms with Gasteiger partial charge in [-0.05, 0) is 30.9 Å². The number of rotatable bonds is 6. The van der Waals surface area contributed by atoms with Crippen LogP contribution in [0.5, 0.6) is 11.5 Å². The zero-order valence-electron chi connectivity index (χ0n) is 12.8. The summed E-state index contributed by atoms with van der Waals surface area (Å²) in [6.07, 6.45) is 2.50. The zero-order valence-corrected chi connectivity index (χ0v) is 12.8. The molecule has 0 radical (unpaired) electrons. The summed E-state index contributed by atoms with van der Waals surface area (Å²) in [5.41, 5.74) is 1.43. The van der Waals surface area contributed by atoms with E-state index in [1.807, 2.05) is 20.0 Å². The number of methoxy groups -OCH3 is 2. The lowest BCUT2D eigenvalue weighted by molar-refractivity contribution is 0.351. The van der Waals surface area contributed by atoms with Crippen molar-refractivity contribution in [2.45, 2.75) is 32.7 Å². The molecule has 21 heavy (non-hydrogen) atoms. The monoisotopic (exact) mass is 293 g/mol. The molecule has 0 fully saturated rings. The fraction of sp³-hybridized carbons (Fsp3) is 0.467. The topological polar surface area (TPSA) is 49.2 Å². The number of hydrogen-bond donors (Lipinski definition) is 0. The van der Waals surface area contributed by atoms with E-state index < -0.39 is 0 Å². The summed E-state index contributed by atoms with van der Waals surface area (Å²) in [5.74, 6) is 0.579. The van der Waals surface area contributed by atoms with Crippen molar-refractivity contribution < 1.29 is 13.9 Å². The normalized spacial score (nSPS) is 12.2. The quantitative estimate of drug-likeness (QED) is 0.821. The maximum absolute atomic E-state index is 14.2. The first kappa shape index (κ1) is 15.3. The van der Waals surface area contributed by atoms with Gasteiger partial charge in [-0.2, -0.15) is 0 Å². The van der Waals surface area contributed by atoms with E-state index in [0.29, 0.717) is 23.5 Å². The van der Waals surface area contributed by atoms with Crippen LogP contribution in [0.15, 0.2) is 18.3 Å². The molecule has 1 atom stereocenters. The van der Waals surface area contributed by atoms with Crippen molar-refractivity contribution in [3.8, 4) is 11.5 Å². The SMILES string of the molecule is CCn1cc(CC(C)c2cc(OC)c(OC)cc2F)nn1. The second-order valence-electron chi connectivity index (χ2n) is 4.90. The molecule has 0 aliphatic rings. The maximum Gasteiger partial charge on any atom is 0.163 e. The Hall–Kier alpha value is -2.11. The Morgan fingerprint density at radius 3 is 2.48 bits per heavy atom. The highest BCUT2D eigenvalue weighted by Gasteiger charge is 2.17. The van der Waals surface area contributed by atoms with E-state index in [4.69, 9.17) is 9.47 Å². The van der Waals surface area contributed by atoms with Crippen molar-refractivity contribution >= 4 is 0 Å². The highest BCUT2D eigenvalue weighted by molar-refractivity contribution is 5.44. The van der Waals surface area contributed by atoms with E-state index in [9.17, 15) is 4.39 Å². The third-order valence-corrected chi connectivity index (χ3v) is 3.46. The molecule has 0 spiro atoms. The van der Waals surface area contributed by atoms with Crippen LogP contribution in [0, 0.1) is 5.82 Å². The van der Waals surface area contributed by atoms with E-state index in [1.165, 1.54) is 20.3 Å². The molecule has 1 aromatic heterocycles. The van der Waals surface area contributed by atoms with Crippen molar-refractivity contribution in [2.75, 3.05) is 14.2 Å². The highest BCUT2D eigenvalue weighted by atomic mass is 19.1. The molecule has 0 saturated heterocycles. The fourth-order valence-corrected chi connectivity index (χ4v) is 2.26. The molecule has 1 aromatic carbocycles. The van der Waals surface area contributed by atoms with Crippen LogP contribution in [0.3, 0.4) is 0 Å². The Labute approximate surface area is 123 Å². The first-order valence-corrected chi connectivity index (χ1v) is 6.89. The number of aryl methyl sites for hydroxylation is 1. The van der Waals surface area contributed by atoms with Gasteiger partial charge in [0.05, 0.1) is 19.9 Å². The molecule has 0 N–H and O–H groups in total. The second kappa shape index (κ2) is 6.56. The molecule has 1 unspecified atom stereocenters. The number of aromatic nitrogens is 3. The standard InChI is InChI=1S/C15H20FN3O2/c1-5-19-9-11(17-18-19)6-10(2)12-7-14(20-3)15(21-4)8-13(12)16/h7-10H,5-6H2,1-4H3. The lowest BCUT2D eigenvalue weighted by Crippen LogP contribution is -2.04. The van der Waals surface area contributed by atoms with E-state index in [1.54, 1.807) is 10.7 Å². The first-order chi connectivity index (χ1) is 10.1. The smallest absolute Gasteiger partial charge is 0.163 e. The molecule has 5 nitrogen and oxygen atoms in total. The zero-order chi connectivity index (χ0) is 15.4. The predicted molar refractivity (Wildman–Crippen MR) is 77.3 cm³/mol. The number of halogens is 1. The van der Waals surface area contributed by atoms with Crippen LogP contribution in [0.2, 0.25) is 0 Å². The van der Waals surface area contributed by atoms with E-state index in [-0.39, 0.29) is 11.7 Å². The van der Waals surface area contributed by atoms with Crippen molar-refractivity contribution in [3.63, 3.8) is 0 Å². The molecule has 2 rings (SSSR count). The van der Waals surface area contributed by atoms with Gasteiger partial charge in [-0.1, -0.05) is 12.1 Å². The summed E-state index contributed by atoms with van der Waals surface area (Å²) in [7, 11) is 3.03. The molecule has 114 valence electrons. The summed E-state index contributed by atoms with van der Waals surface area (Å²) in [6.45, 7) is 4.72. The Bertz CT molecular complexity index is 613. The molecular formula is C15H20FN3O2. The van der Waals surface area contributed by atoms with Gasteiger partial charge in [0.25, 0.3) is 0 Å². The van der Waals surface area contributed by atoms with Crippen molar-refractivity contribution in [1.82, 2.24) is 15.0 Å². The third-order valence-electron chi connectivity index (χ3n) is 3.46. The predicted octanol–water partition coefficient (Wildman–Crippen LogP) is 2.80. The van der Waals surface area contributed by atoms with Gasteiger partial charge < -0.3 is 9.47 Å². The third kappa shape index (κ3) is 3.32. The van der Waals surface area contributed by atoms with Gasteiger partial charge in [0.2, 0.25) is 0 Å². The molecule has 0 aliphatic carbocycles. The minimum Gasteiger partial charge on any atom is -0.493 e. The molecule has 6 heteroatoms. The van der Waals surface area contributed by atoms with Crippen LogP contribution in [0.1, 0.15) is 31.0 Å². The Balaban J connectivity index is 2.23. The lowest BCUT2D eigenvalue weighted by Gasteiger charge is -2.15. The van der Waals surface area contributed by atoms with Crippen molar-refractivity contribution in [1.29, 1.82) is 0 Å². The summed E-state index contributed by atoms with van der Waals surface area (Å²) in [6, 6.07) is 3.04. The van der Waals surface area contributed by atoms with Crippen molar-refractivity contribution in [2.24, 2.45) is 0 Å². The largest absolute Gasteiger partial charge is 0.493 e. The van der Waals surface area contributed by atoms with Crippen LogP contribution in [0.25, 0.3) is 0 Å². The van der Waals surface area contributed by atoms with Gasteiger partial charge in [0.15, 0.2) is 11.5 Å². The first-order valence-electron chi connectivity index (χ1n) is 6.89. The Morgan fingerprint density at radius 1 is 1.24 bits per heavy atom. The minimum absolute atomic E-state index is 0.0354. The van der Waals surface area contributed by atoms with Gasteiger partial charge in [0.1, 0.15) is 5.82 Å². The Morgan fingerprint density at radius 2 is 1.90 bits per heavy atom. The number of hydrogen-bond acceptors (Lipinski definition) is 4. The average molecular weight is 293 g/mol. The van der Waals surface area contributed by atoms with Crippen LogP contribution in [-0.2, 0) is 13.0 Å². The molecule has 0 bridgehead atoms. The highest BCUT2D eigenvalue weighted by Crippen LogP contribution is 2.33. The molecule has 0 amide bonds. The molecule has 0 aliphatic heterocycles. The fourth-order valence-electron chi connectivity index (χ4n) is 2.26. The van der Waals surface area contributed by atoms with Gasteiger partial charge >= 0.3 is 0 Å².